The van der Waals surface area contributed by atoms with E-state index in [0.29, 0.717) is 6.42 Å². The minimum Gasteiger partial charge on any atom is -0.393 e. The van der Waals surface area contributed by atoms with Gasteiger partial charge in [-0.25, -0.2) is 0 Å². The Morgan fingerprint density at radius 2 is 2.19 bits per heavy atom. The third-order valence-electron chi connectivity index (χ3n) is 6.32. The highest BCUT2D eigenvalue weighted by molar-refractivity contribution is 5.85. The van der Waals surface area contributed by atoms with Crippen molar-refractivity contribution in [3.63, 3.8) is 0 Å². The number of amides is 1. The van der Waals surface area contributed by atoms with Gasteiger partial charge in [-0.05, 0) is 30.9 Å². The highest BCUT2D eigenvalue weighted by atomic mass is 16.3. The second-order valence-electron chi connectivity index (χ2n) is 7.10. The Hall–Kier alpha value is -1.55. The molecule has 1 amide bonds. The maximum atomic E-state index is 12.6. The number of nitrogens with one attached hydrogen (secondary N) is 1. The molecule has 5 atom stereocenters. The number of anilines is 1. The second-order valence-corrected chi connectivity index (χ2v) is 7.10. The lowest BCUT2D eigenvalue weighted by Gasteiger charge is -2.52. The van der Waals surface area contributed by atoms with Crippen LogP contribution in [0.1, 0.15) is 31.2 Å². The first kappa shape index (κ1) is 12.0. The summed E-state index contributed by atoms with van der Waals surface area (Å²) in [4.78, 5) is 14.7. The summed E-state index contributed by atoms with van der Waals surface area (Å²) in [6.45, 7) is 0.864. The molecule has 4 nitrogen and oxygen atoms in total. The zero-order valence-electron chi connectivity index (χ0n) is 12.0. The summed E-state index contributed by atoms with van der Waals surface area (Å²) in [7, 11) is 0. The molecule has 1 aromatic rings. The summed E-state index contributed by atoms with van der Waals surface area (Å²) in [5.74, 6) is 0.525. The van der Waals surface area contributed by atoms with Crippen LogP contribution in [0.2, 0.25) is 0 Å². The highest BCUT2D eigenvalue weighted by Crippen LogP contribution is 2.59. The molecule has 1 saturated carbocycles. The van der Waals surface area contributed by atoms with Crippen LogP contribution in [-0.2, 0) is 10.2 Å². The van der Waals surface area contributed by atoms with Crippen LogP contribution in [0.15, 0.2) is 24.3 Å². The van der Waals surface area contributed by atoms with E-state index in [-0.39, 0.29) is 35.4 Å². The van der Waals surface area contributed by atoms with Crippen LogP contribution < -0.4 is 5.32 Å². The molecule has 1 aliphatic carbocycles. The standard InChI is InChI=1S/C17H20N2O2/c20-13-8-14-17(11-5-1-2-6-12(11)18-14)9-15(21)19-7-3-4-10(13)16(17)19/h1-2,5-6,10,13-14,16,18,20H,3-4,7-9H2/t10-,13+,14-,16-,17-/m0/s1. The molecular weight excluding hydrogens is 264 g/mol. The van der Waals surface area contributed by atoms with Crippen molar-refractivity contribution in [3.8, 4) is 0 Å². The van der Waals surface area contributed by atoms with Gasteiger partial charge in [0.2, 0.25) is 5.91 Å². The number of carbonyl (C=O) groups is 1. The third-order valence-corrected chi connectivity index (χ3v) is 6.32. The molecule has 2 saturated heterocycles. The molecule has 3 aliphatic heterocycles. The van der Waals surface area contributed by atoms with E-state index in [1.807, 2.05) is 6.07 Å². The van der Waals surface area contributed by atoms with Gasteiger partial charge in [0.25, 0.3) is 0 Å². The molecule has 21 heavy (non-hydrogen) atoms. The zero-order chi connectivity index (χ0) is 14.2. The Kier molecular flexibility index (Phi) is 2.18. The molecular formula is C17H20N2O2. The SMILES string of the molecule is O=C1C[C@]23c4ccccc4N[C@H]2C[C@@H](O)[C@@H]2CCCN1[C@@H]23. The lowest BCUT2D eigenvalue weighted by molar-refractivity contribution is -0.132. The molecule has 4 heteroatoms. The van der Waals surface area contributed by atoms with Crippen molar-refractivity contribution >= 4 is 11.6 Å². The van der Waals surface area contributed by atoms with Crippen molar-refractivity contribution in [2.75, 3.05) is 11.9 Å². The molecule has 0 bridgehead atoms. The maximum absolute atomic E-state index is 12.6. The van der Waals surface area contributed by atoms with Gasteiger partial charge in [0, 0.05) is 42.1 Å². The summed E-state index contributed by atoms with van der Waals surface area (Å²) in [5, 5.41) is 14.2. The average molecular weight is 284 g/mol. The molecule has 2 N–H and O–H groups in total. The van der Waals surface area contributed by atoms with Gasteiger partial charge in [-0.3, -0.25) is 4.79 Å². The molecule has 0 aromatic heterocycles. The summed E-state index contributed by atoms with van der Waals surface area (Å²) in [6, 6.07) is 8.79. The molecule has 1 aromatic carbocycles. The van der Waals surface area contributed by atoms with Crippen LogP contribution in [0.25, 0.3) is 0 Å². The molecule has 1 spiro atoms. The molecule has 4 aliphatic rings. The monoisotopic (exact) mass is 284 g/mol. The van der Waals surface area contributed by atoms with Crippen molar-refractivity contribution in [1.29, 1.82) is 0 Å². The lowest BCUT2D eigenvalue weighted by Crippen LogP contribution is -2.62. The topological polar surface area (TPSA) is 52.6 Å². The molecule has 110 valence electrons. The number of carbonyl (C=O) groups excluding carboxylic acids is 1. The average Bonchev–Trinajstić information content (AvgIpc) is 2.97. The van der Waals surface area contributed by atoms with Gasteiger partial charge in [0.1, 0.15) is 0 Å². The fraction of sp³-hybridized carbons (Fsp3) is 0.588. The molecule has 0 radical (unpaired) electrons. The maximum Gasteiger partial charge on any atom is 0.223 e. The number of benzene rings is 1. The zero-order valence-corrected chi connectivity index (χ0v) is 12.0. The summed E-state index contributed by atoms with van der Waals surface area (Å²) in [6.07, 6.45) is 3.15. The summed E-state index contributed by atoms with van der Waals surface area (Å²) in [5.41, 5.74) is 2.35. The number of nitrogens with zero attached hydrogens (tertiary/aromatic N) is 1. The number of aliphatic hydroxyl groups excluding tert-OH is 1. The Labute approximate surface area is 124 Å². The third kappa shape index (κ3) is 1.28. The van der Waals surface area contributed by atoms with Gasteiger partial charge in [0.05, 0.1) is 6.10 Å². The van der Waals surface area contributed by atoms with Gasteiger partial charge in [-0.15, -0.1) is 0 Å². The predicted molar refractivity (Wildman–Crippen MR) is 79.0 cm³/mol. The Morgan fingerprint density at radius 3 is 3.10 bits per heavy atom. The summed E-state index contributed by atoms with van der Waals surface area (Å²) < 4.78 is 0. The first-order chi connectivity index (χ1) is 10.2. The number of fused-ring (bicyclic) bond motifs is 1. The van der Waals surface area contributed by atoms with Crippen molar-refractivity contribution in [3.05, 3.63) is 29.8 Å². The van der Waals surface area contributed by atoms with E-state index >= 15 is 0 Å². The van der Waals surface area contributed by atoms with Crippen molar-refractivity contribution < 1.29 is 9.90 Å². The minimum atomic E-state index is -0.288. The number of rotatable bonds is 0. The number of para-hydroxylation sites is 1. The number of hydrogen-bond donors (Lipinski definition) is 2. The van der Waals surface area contributed by atoms with Gasteiger partial charge < -0.3 is 15.3 Å². The molecule has 3 fully saturated rings. The fourth-order valence-electron chi connectivity index (χ4n) is 5.61. The first-order valence-electron chi connectivity index (χ1n) is 8.05. The van der Waals surface area contributed by atoms with Gasteiger partial charge in [-0.2, -0.15) is 0 Å². The Bertz CT molecular complexity index is 631. The second kappa shape index (κ2) is 3.80. The number of piperidine rings is 1. The predicted octanol–water partition coefficient (Wildman–Crippen LogP) is 1.49. The van der Waals surface area contributed by atoms with E-state index in [9.17, 15) is 9.90 Å². The van der Waals surface area contributed by atoms with E-state index in [2.05, 4.69) is 28.4 Å². The molecule has 0 unspecified atom stereocenters. The Morgan fingerprint density at radius 1 is 1.33 bits per heavy atom. The molecule has 5 rings (SSSR count). The summed E-state index contributed by atoms with van der Waals surface area (Å²) >= 11 is 0. The first-order valence-corrected chi connectivity index (χ1v) is 8.05. The smallest absolute Gasteiger partial charge is 0.223 e. The van der Waals surface area contributed by atoms with E-state index in [1.54, 1.807) is 0 Å². The highest BCUT2D eigenvalue weighted by Gasteiger charge is 2.66. The van der Waals surface area contributed by atoms with Crippen LogP contribution in [0.4, 0.5) is 5.69 Å². The van der Waals surface area contributed by atoms with E-state index in [1.165, 1.54) is 5.56 Å². The number of aliphatic hydroxyl groups is 1. The number of hydrogen-bond acceptors (Lipinski definition) is 3. The van der Waals surface area contributed by atoms with Gasteiger partial charge >= 0.3 is 0 Å². The fourth-order valence-corrected chi connectivity index (χ4v) is 5.61. The van der Waals surface area contributed by atoms with E-state index in [4.69, 9.17) is 0 Å². The van der Waals surface area contributed by atoms with E-state index < -0.39 is 0 Å². The largest absolute Gasteiger partial charge is 0.393 e. The van der Waals surface area contributed by atoms with Crippen LogP contribution in [0.3, 0.4) is 0 Å². The van der Waals surface area contributed by atoms with Gasteiger partial charge in [-0.1, -0.05) is 18.2 Å². The van der Waals surface area contributed by atoms with Gasteiger partial charge in [0.15, 0.2) is 0 Å². The Balaban J connectivity index is 1.74. The molecule has 3 heterocycles. The van der Waals surface area contributed by atoms with E-state index in [0.717, 1.165) is 31.5 Å². The van der Waals surface area contributed by atoms with Crippen molar-refractivity contribution in [1.82, 2.24) is 4.90 Å². The quantitative estimate of drug-likeness (QED) is 0.759. The van der Waals surface area contributed by atoms with Crippen LogP contribution in [0.5, 0.6) is 0 Å². The van der Waals surface area contributed by atoms with Crippen LogP contribution >= 0.6 is 0 Å². The minimum absolute atomic E-state index is 0.113. The lowest BCUT2D eigenvalue weighted by atomic mass is 9.59. The van der Waals surface area contributed by atoms with Crippen LogP contribution in [0, 0.1) is 5.92 Å². The van der Waals surface area contributed by atoms with Crippen molar-refractivity contribution in [2.24, 2.45) is 5.92 Å². The van der Waals surface area contributed by atoms with Crippen LogP contribution in [-0.4, -0.2) is 40.6 Å². The normalized spacial score (nSPS) is 43.1. The van der Waals surface area contributed by atoms with Crippen molar-refractivity contribution in [2.45, 2.75) is 49.3 Å².